The Morgan fingerprint density at radius 3 is 2.76 bits per heavy atom. The van der Waals surface area contributed by atoms with Crippen LogP contribution in [-0.4, -0.2) is 56.5 Å². The van der Waals surface area contributed by atoms with Crippen molar-refractivity contribution in [3.8, 4) is 11.1 Å². The van der Waals surface area contributed by atoms with Crippen LogP contribution in [-0.2, 0) is 11.2 Å². The SMILES string of the molecule is C=CCNC(=O)C1(Cc2ccccc2-c2cncnc2)CCCN(C(=O)c2cn[nH]c2C)C1. The molecule has 1 saturated heterocycles. The zero-order valence-electron chi connectivity index (χ0n) is 18.8. The highest BCUT2D eigenvalue weighted by Gasteiger charge is 2.44. The number of aromatic nitrogens is 4. The first-order valence-electron chi connectivity index (χ1n) is 11.1. The highest BCUT2D eigenvalue weighted by molar-refractivity contribution is 5.96. The Morgan fingerprint density at radius 2 is 2.03 bits per heavy atom. The maximum absolute atomic E-state index is 13.5. The van der Waals surface area contributed by atoms with Gasteiger partial charge in [0, 0.05) is 43.3 Å². The molecule has 0 bridgehead atoms. The van der Waals surface area contributed by atoms with Crippen molar-refractivity contribution >= 4 is 11.8 Å². The smallest absolute Gasteiger partial charge is 0.257 e. The van der Waals surface area contributed by atoms with Crippen molar-refractivity contribution in [1.82, 2.24) is 30.4 Å². The molecule has 1 unspecified atom stereocenters. The molecule has 2 amide bonds. The summed E-state index contributed by atoms with van der Waals surface area (Å²) in [6.45, 7) is 6.86. The molecule has 2 aromatic heterocycles. The molecule has 0 spiro atoms. The number of likely N-dealkylation sites (tertiary alicyclic amines) is 1. The maximum atomic E-state index is 13.5. The van der Waals surface area contributed by atoms with Crippen LogP contribution in [0.1, 0.15) is 34.5 Å². The van der Waals surface area contributed by atoms with E-state index in [0.717, 1.165) is 28.8 Å². The average molecular weight is 445 g/mol. The lowest BCUT2D eigenvalue weighted by Gasteiger charge is -2.42. The van der Waals surface area contributed by atoms with Crippen LogP contribution in [0.2, 0.25) is 0 Å². The molecule has 1 aromatic carbocycles. The first kappa shape index (κ1) is 22.4. The summed E-state index contributed by atoms with van der Waals surface area (Å²) in [5, 5.41) is 9.80. The largest absolute Gasteiger partial charge is 0.352 e. The van der Waals surface area contributed by atoms with E-state index in [-0.39, 0.29) is 11.8 Å². The maximum Gasteiger partial charge on any atom is 0.257 e. The molecule has 1 fully saturated rings. The Balaban J connectivity index is 1.69. The van der Waals surface area contributed by atoms with E-state index in [4.69, 9.17) is 0 Å². The van der Waals surface area contributed by atoms with Gasteiger partial charge in [-0.05, 0) is 37.3 Å². The molecular weight excluding hydrogens is 416 g/mol. The summed E-state index contributed by atoms with van der Waals surface area (Å²) in [6.07, 6.45) is 10.2. The van der Waals surface area contributed by atoms with Crippen molar-refractivity contribution in [2.45, 2.75) is 26.2 Å². The van der Waals surface area contributed by atoms with Gasteiger partial charge in [-0.2, -0.15) is 5.10 Å². The Bertz CT molecular complexity index is 1140. The van der Waals surface area contributed by atoms with Gasteiger partial charge < -0.3 is 10.2 Å². The number of aromatic amines is 1. The molecule has 2 N–H and O–H groups in total. The zero-order valence-corrected chi connectivity index (χ0v) is 18.8. The summed E-state index contributed by atoms with van der Waals surface area (Å²) in [5.74, 6) is -0.172. The fraction of sp³-hybridized carbons (Fsp3) is 0.320. The van der Waals surface area contributed by atoms with Gasteiger partial charge >= 0.3 is 0 Å². The molecule has 1 atom stereocenters. The summed E-state index contributed by atoms with van der Waals surface area (Å²) in [5.41, 5.74) is 3.41. The van der Waals surface area contributed by atoms with Gasteiger partial charge in [0.15, 0.2) is 0 Å². The lowest BCUT2D eigenvalue weighted by molar-refractivity contribution is -0.133. The van der Waals surface area contributed by atoms with Gasteiger partial charge in [-0.25, -0.2) is 9.97 Å². The van der Waals surface area contributed by atoms with Crippen LogP contribution < -0.4 is 5.32 Å². The molecular formula is C25H28N6O2. The third-order valence-corrected chi connectivity index (χ3v) is 6.23. The molecule has 0 saturated carbocycles. The third-order valence-electron chi connectivity index (χ3n) is 6.23. The number of piperidine rings is 1. The van der Waals surface area contributed by atoms with E-state index in [9.17, 15) is 9.59 Å². The molecule has 170 valence electrons. The van der Waals surface area contributed by atoms with E-state index in [0.29, 0.717) is 38.0 Å². The summed E-state index contributed by atoms with van der Waals surface area (Å²) < 4.78 is 0. The molecule has 3 aromatic rings. The number of hydrogen-bond donors (Lipinski definition) is 2. The number of amides is 2. The number of H-pyrrole nitrogens is 1. The minimum absolute atomic E-state index is 0.0667. The van der Waals surface area contributed by atoms with Gasteiger partial charge in [-0.15, -0.1) is 6.58 Å². The van der Waals surface area contributed by atoms with E-state index in [1.54, 1.807) is 29.6 Å². The number of rotatable bonds is 7. The van der Waals surface area contributed by atoms with Crippen LogP contribution in [0.25, 0.3) is 11.1 Å². The van der Waals surface area contributed by atoms with Crippen molar-refractivity contribution in [1.29, 1.82) is 0 Å². The van der Waals surface area contributed by atoms with E-state index in [1.165, 1.54) is 6.33 Å². The van der Waals surface area contributed by atoms with Crippen molar-refractivity contribution in [2.24, 2.45) is 5.41 Å². The molecule has 1 aliphatic heterocycles. The monoisotopic (exact) mass is 444 g/mol. The van der Waals surface area contributed by atoms with Crippen LogP contribution in [0.3, 0.4) is 0 Å². The summed E-state index contributed by atoms with van der Waals surface area (Å²) in [7, 11) is 0. The molecule has 8 nitrogen and oxygen atoms in total. The van der Waals surface area contributed by atoms with Gasteiger partial charge in [-0.3, -0.25) is 14.7 Å². The van der Waals surface area contributed by atoms with Crippen LogP contribution in [0.4, 0.5) is 0 Å². The minimum atomic E-state index is -0.764. The first-order chi connectivity index (χ1) is 16.0. The van der Waals surface area contributed by atoms with E-state index in [1.807, 2.05) is 31.2 Å². The second-order valence-corrected chi connectivity index (χ2v) is 8.48. The molecule has 33 heavy (non-hydrogen) atoms. The van der Waals surface area contributed by atoms with Crippen molar-refractivity contribution in [3.05, 3.63) is 78.7 Å². The number of aryl methyl sites for hydroxylation is 1. The highest BCUT2D eigenvalue weighted by Crippen LogP contribution is 2.37. The zero-order chi connectivity index (χ0) is 23.3. The average Bonchev–Trinajstić information content (AvgIpc) is 3.28. The first-order valence-corrected chi connectivity index (χ1v) is 11.1. The second-order valence-electron chi connectivity index (χ2n) is 8.48. The van der Waals surface area contributed by atoms with Crippen molar-refractivity contribution < 1.29 is 9.59 Å². The van der Waals surface area contributed by atoms with E-state index in [2.05, 4.69) is 32.1 Å². The molecule has 3 heterocycles. The number of carbonyl (C=O) groups is 2. The lowest BCUT2D eigenvalue weighted by Crippen LogP contribution is -2.54. The van der Waals surface area contributed by atoms with Gasteiger partial charge in [0.2, 0.25) is 5.91 Å². The molecule has 4 rings (SSSR count). The number of benzene rings is 1. The van der Waals surface area contributed by atoms with Crippen molar-refractivity contribution in [2.75, 3.05) is 19.6 Å². The van der Waals surface area contributed by atoms with Gasteiger partial charge in [0.05, 0.1) is 17.2 Å². The summed E-state index contributed by atoms with van der Waals surface area (Å²) in [4.78, 5) is 36.8. The number of hydrogen-bond acceptors (Lipinski definition) is 5. The summed E-state index contributed by atoms with van der Waals surface area (Å²) in [6, 6.07) is 7.99. The van der Waals surface area contributed by atoms with Crippen LogP contribution >= 0.6 is 0 Å². The molecule has 0 radical (unpaired) electrons. The predicted octanol–water partition coefficient (Wildman–Crippen LogP) is 2.94. The Kier molecular flexibility index (Phi) is 6.63. The van der Waals surface area contributed by atoms with Crippen LogP contribution in [0.5, 0.6) is 0 Å². The number of nitrogens with one attached hydrogen (secondary N) is 2. The second kappa shape index (κ2) is 9.77. The van der Waals surface area contributed by atoms with E-state index >= 15 is 0 Å². The van der Waals surface area contributed by atoms with E-state index < -0.39 is 5.41 Å². The number of carbonyl (C=O) groups excluding carboxylic acids is 2. The van der Waals surface area contributed by atoms with Crippen molar-refractivity contribution in [3.63, 3.8) is 0 Å². The lowest BCUT2D eigenvalue weighted by atomic mass is 9.73. The van der Waals surface area contributed by atoms with Crippen LogP contribution in [0.15, 0.2) is 61.8 Å². The third kappa shape index (κ3) is 4.69. The molecule has 8 heteroatoms. The summed E-state index contributed by atoms with van der Waals surface area (Å²) >= 11 is 0. The van der Waals surface area contributed by atoms with Gasteiger partial charge in [0.25, 0.3) is 5.91 Å². The molecule has 0 aliphatic carbocycles. The van der Waals surface area contributed by atoms with Crippen LogP contribution in [0, 0.1) is 12.3 Å². The number of nitrogens with zero attached hydrogens (tertiary/aromatic N) is 4. The normalized spacial score (nSPS) is 18.0. The Hall–Kier alpha value is -3.81. The van der Waals surface area contributed by atoms with Gasteiger partial charge in [0.1, 0.15) is 6.33 Å². The molecule has 1 aliphatic rings. The standard InChI is InChI=1S/C25H28N6O2/c1-3-10-28-24(33)25(9-6-11-31(16-25)23(32)22-15-29-30-18(22)2)12-19-7-4-5-8-21(19)20-13-26-17-27-14-20/h3-5,7-8,13-15,17H,1,6,9-12,16H2,2H3,(H,28,33)(H,29,30). The Labute approximate surface area is 193 Å². The minimum Gasteiger partial charge on any atom is -0.352 e. The topological polar surface area (TPSA) is 104 Å². The predicted molar refractivity (Wildman–Crippen MR) is 125 cm³/mol. The quantitative estimate of drug-likeness (QED) is 0.546. The Morgan fingerprint density at radius 1 is 1.24 bits per heavy atom. The van der Waals surface area contributed by atoms with Gasteiger partial charge in [-0.1, -0.05) is 30.3 Å². The highest BCUT2D eigenvalue weighted by atomic mass is 16.2. The fourth-order valence-corrected chi connectivity index (χ4v) is 4.56. The fourth-order valence-electron chi connectivity index (χ4n) is 4.56.